The Morgan fingerprint density at radius 1 is 0.913 bits per heavy atom. The molecule has 0 unspecified atom stereocenters. The number of hydrogen-bond donors (Lipinski definition) is 0. The zero-order valence-electron chi connectivity index (χ0n) is 14.0. The molecule has 2 amide bonds. The summed E-state index contributed by atoms with van der Waals surface area (Å²) in [5.41, 5.74) is 1.40. The van der Waals surface area contributed by atoms with E-state index in [2.05, 4.69) is 6.07 Å². The first-order chi connectivity index (χ1) is 11.1. The summed E-state index contributed by atoms with van der Waals surface area (Å²) in [5, 5.41) is 0. The van der Waals surface area contributed by atoms with Crippen LogP contribution in [0.3, 0.4) is 0 Å². The van der Waals surface area contributed by atoms with Crippen LogP contribution in [0.15, 0.2) is 6.07 Å². The van der Waals surface area contributed by atoms with Gasteiger partial charge in [-0.2, -0.15) is 0 Å². The first-order valence-corrected chi connectivity index (χ1v) is 9.63. The average molecular weight is 334 g/mol. The lowest BCUT2D eigenvalue weighted by molar-refractivity contribution is -0.128. The third-order valence-corrected chi connectivity index (χ3v) is 6.16. The van der Waals surface area contributed by atoms with Gasteiger partial charge in [0.2, 0.25) is 5.91 Å². The van der Waals surface area contributed by atoms with Crippen LogP contribution in [0.5, 0.6) is 0 Å². The number of carbonyl (C=O) groups excluding carboxylic acids is 2. The van der Waals surface area contributed by atoms with E-state index in [9.17, 15) is 9.59 Å². The van der Waals surface area contributed by atoms with Crippen molar-refractivity contribution in [3.63, 3.8) is 0 Å². The van der Waals surface area contributed by atoms with Crippen molar-refractivity contribution in [3.8, 4) is 0 Å². The molecule has 5 heteroatoms. The van der Waals surface area contributed by atoms with Gasteiger partial charge in [-0.15, -0.1) is 11.3 Å². The molecular weight excluding hydrogens is 308 g/mol. The second kappa shape index (κ2) is 7.47. The van der Waals surface area contributed by atoms with Crippen LogP contribution < -0.4 is 0 Å². The predicted molar refractivity (Wildman–Crippen MR) is 93.0 cm³/mol. The van der Waals surface area contributed by atoms with Crippen molar-refractivity contribution < 1.29 is 9.59 Å². The van der Waals surface area contributed by atoms with Crippen LogP contribution in [-0.2, 0) is 17.6 Å². The number of rotatable bonds is 1. The Morgan fingerprint density at radius 3 is 2.39 bits per heavy atom. The highest BCUT2D eigenvalue weighted by molar-refractivity contribution is 7.14. The number of amides is 2. The second-order valence-corrected chi connectivity index (χ2v) is 7.76. The van der Waals surface area contributed by atoms with Crippen molar-refractivity contribution in [1.29, 1.82) is 0 Å². The first kappa shape index (κ1) is 16.5. The van der Waals surface area contributed by atoms with Crippen LogP contribution in [0.1, 0.15) is 59.1 Å². The van der Waals surface area contributed by atoms with E-state index >= 15 is 0 Å². The van der Waals surface area contributed by atoms with E-state index in [1.807, 2.05) is 9.80 Å². The number of fused-ring (bicyclic) bond motifs is 1. The zero-order chi connectivity index (χ0) is 16.2. The molecule has 3 rings (SSSR count). The van der Waals surface area contributed by atoms with Crippen molar-refractivity contribution >= 4 is 23.2 Å². The van der Waals surface area contributed by atoms with Gasteiger partial charge in [0.1, 0.15) is 0 Å². The Morgan fingerprint density at radius 2 is 1.61 bits per heavy atom. The molecule has 0 atom stereocenters. The number of aryl methyl sites for hydroxylation is 2. The maximum Gasteiger partial charge on any atom is 0.263 e. The van der Waals surface area contributed by atoms with E-state index in [4.69, 9.17) is 0 Å². The number of thiophene rings is 1. The van der Waals surface area contributed by atoms with E-state index in [0.29, 0.717) is 13.1 Å². The SMILES string of the molecule is CC(=O)N1CCCN(C(=O)c2cc3c(s2)CCCCCC3)CC1. The van der Waals surface area contributed by atoms with E-state index in [1.54, 1.807) is 18.3 Å². The van der Waals surface area contributed by atoms with E-state index in [-0.39, 0.29) is 11.8 Å². The fraction of sp³-hybridized carbons (Fsp3) is 0.667. The minimum absolute atomic E-state index is 0.110. The minimum atomic E-state index is 0.110. The summed E-state index contributed by atoms with van der Waals surface area (Å²) >= 11 is 1.70. The third kappa shape index (κ3) is 3.94. The molecule has 23 heavy (non-hydrogen) atoms. The van der Waals surface area contributed by atoms with Gasteiger partial charge in [0.15, 0.2) is 0 Å². The summed E-state index contributed by atoms with van der Waals surface area (Å²) in [6.07, 6.45) is 8.24. The van der Waals surface area contributed by atoms with E-state index < -0.39 is 0 Å². The lowest BCUT2D eigenvalue weighted by Crippen LogP contribution is -2.36. The monoisotopic (exact) mass is 334 g/mol. The summed E-state index contributed by atoms with van der Waals surface area (Å²) in [6.45, 7) is 4.44. The standard InChI is InChI=1S/C18H26N2O2S/c1-14(21)19-9-6-10-20(12-11-19)18(22)17-13-15-7-4-2-3-5-8-16(15)23-17/h13H,2-12H2,1H3. The van der Waals surface area contributed by atoms with Crippen molar-refractivity contribution in [2.24, 2.45) is 0 Å². The topological polar surface area (TPSA) is 40.6 Å². The molecule has 1 aliphatic heterocycles. The van der Waals surface area contributed by atoms with Crippen LogP contribution >= 0.6 is 11.3 Å². The summed E-state index contributed by atoms with van der Waals surface area (Å²) in [7, 11) is 0. The highest BCUT2D eigenvalue weighted by Gasteiger charge is 2.23. The molecule has 1 aromatic heterocycles. The molecule has 0 N–H and O–H groups in total. The van der Waals surface area contributed by atoms with Gasteiger partial charge >= 0.3 is 0 Å². The lowest BCUT2D eigenvalue weighted by atomic mass is 10.00. The fourth-order valence-electron chi connectivity index (χ4n) is 3.54. The van der Waals surface area contributed by atoms with Gasteiger partial charge in [0.05, 0.1) is 4.88 Å². The van der Waals surface area contributed by atoms with Gasteiger partial charge in [0.25, 0.3) is 5.91 Å². The lowest BCUT2D eigenvalue weighted by Gasteiger charge is -2.20. The fourth-order valence-corrected chi connectivity index (χ4v) is 4.76. The van der Waals surface area contributed by atoms with Gasteiger partial charge in [0, 0.05) is 38.0 Å². The molecule has 4 nitrogen and oxygen atoms in total. The molecule has 1 saturated heterocycles. The van der Waals surface area contributed by atoms with Crippen LogP contribution in [0.2, 0.25) is 0 Å². The van der Waals surface area contributed by atoms with Crippen LogP contribution in [0, 0.1) is 0 Å². The highest BCUT2D eigenvalue weighted by atomic mass is 32.1. The number of nitrogens with zero attached hydrogens (tertiary/aromatic N) is 2. The Hall–Kier alpha value is -1.36. The van der Waals surface area contributed by atoms with Gasteiger partial charge in [-0.05, 0) is 43.7 Å². The maximum atomic E-state index is 12.9. The van der Waals surface area contributed by atoms with Crippen LogP contribution in [-0.4, -0.2) is 47.8 Å². The van der Waals surface area contributed by atoms with Crippen molar-refractivity contribution in [2.45, 2.75) is 51.9 Å². The smallest absolute Gasteiger partial charge is 0.263 e. The highest BCUT2D eigenvalue weighted by Crippen LogP contribution is 2.29. The molecule has 1 aliphatic carbocycles. The van der Waals surface area contributed by atoms with Gasteiger partial charge in [-0.1, -0.05) is 12.8 Å². The zero-order valence-corrected chi connectivity index (χ0v) is 14.8. The molecule has 1 aromatic rings. The predicted octanol–water partition coefficient (Wildman–Crippen LogP) is 3.10. The Kier molecular flexibility index (Phi) is 5.36. The quantitative estimate of drug-likeness (QED) is 0.792. The van der Waals surface area contributed by atoms with Crippen molar-refractivity contribution in [1.82, 2.24) is 9.80 Å². The number of carbonyl (C=O) groups is 2. The van der Waals surface area contributed by atoms with Crippen molar-refractivity contribution in [3.05, 3.63) is 21.4 Å². The van der Waals surface area contributed by atoms with E-state index in [1.165, 1.54) is 36.1 Å². The van der Waals surface area contributed by atoms with Gasteiger partial charge in [-0.25, -0.2) is 0 Å². The molecular formula is C18H26N2O2S. The molecule has 0 spiro atoms. The molecule has 0 radical (unpaired) electrons. The molecule has 0 saturated carbocycles. The molecule has 2 aliphatic rings. The minimum Gasteiger partial charge on any atom is -0.341 e. The van der Waals surface area contributed by atoms with Gasteiger partial charge < -0.3 is 9.80 Å². The summed E-state index contributed by atoms with van der Waals surface area (Å²) in [6, 6.07) is 2.14. The average Bonchev–Trinajstić information content (AvgIpc) is 2.74. The summed E-state index contributed by atoms with van der Waals surface area (Å²) < 4.78 is 0. The number of hydrogen-bond acceptors (Lipinski definition) is 3. The molecule has 0 aromatic carbocycles. The van der Waals surface area contributed by atoms with E-state index in [0.717, 1.165) is 37.2 Å². The Balaban J connectivity index is 1.70. The summed E-state index contributed by atoms with van der Waals surface area (Å²) in [4.78, 5) is 30.5. The maximum absolute atomic E-state index is 12.9. The summed E-state index contributed by atoms with van der Waals surface area (Å²) in [5.74, 6) is 0.269. The second-order valence-electron chi connectivity index (χ2n) is 6.63. The van der Waals surface area contributed by atoms with Crippen LogP contribution in [0.25, 0.3) is 0 Å². The molecule has 2 heterocycles. The first-order valence-electron chi connectivity index (χ1n) is 8.81. The van der Waals surface area contributed by atoms with Gasteiger partial charge in [-0.3, -0.25) is 9.59 Å². The third-order valence-electron chi connectivity index (χ3n) is 4.94. The largest absolute Gasteiger partial charge is 0.341 e. The van der Waals surface area contributed by atoms with Crippen molar-refractivity contribution in [2.75, 3.05) is 26.2 Å². The molecule has 0 bridgehead atoms. The Bertz CT molecular complexity index is 556. The van der Waals surface area contributed by atoms with Crippen LogP contribution in [0.4, 0.5) is 0 Å². The molecule has 126 valence electrons. The Labute approximate surface area is 142 Å². The molecule has 1 fully saturated rings. The normalized spacial score (nSPS) is 19.5.